The summed E-state index contributed by atoms with van der Waals surface area (Å²) in [5.74, 6) is 0.0226. The lowest BCUT2D eigenvalue weighted by Gasteiger charge is -2.71. The summed E-state index contributed by atoms with van der Waals surface area (Å²) >= 11 is 0. The molecule has 0 aromatic carbocycles. The van der Waals surface area contributed by atoms with Crippen molar-refractivity contribution in [3.05, 3.63) is 11.6 Å². The second-order valence-corrected chi connectivity index (χ2v) is 23.0. The van der Waals surface area contributed by atoms with Crippen LogP contribution in [0.25, 0.3) is 0 Å². The van der Waals surface area contributed by atoms with Crippen LogP contribution in [0, 0.1) is 50.2 Å². The molecule has 22 unspecified atom stereocenters. The summed E-state index contributed by atoms with van der Waals surface area (Å²) in [6, 6.07) is 0. The van der Waals surface area contributed by atoms with Crippen LogP contribution in [-0.4, -0.2) is 157 Å². The van der Waals surface area contributed by atoms with E-state index in [4.69, 9.17) is 28.4 Å². The van der Waals surface area contributed by atoms with Crippen molar-refractivity contribution in [3.8, 4) is 0 Å². The third-order valence-electron chi connectivity index (χ3n) is 18.9. The zero-order valence-corrected chi connectivity index (χ0v) is 38.3. The van der Waals surface area contributed by atoms with Gasteiger partial charge in [0.1, 0.15) is 61.0 Å². The minimum absolute atomic E-state index is 0.0269. The number of carbonyl (C=O) groups is 1. The normalized spacial score (nSPS) is 54.1. The number of aliphatic hydroxyl groups excluding tert-OH is 8. The van der Waals surface area contributed by atoms with Crippen LogP contribution in [-0.2, 0) is 33.2 Å². The van der Waals surface area contributed by atoms with Crippen LogP contribution in [0.3, 0.4) is 0 Å². The predicted molar refractivity (Wildman–Crippen MR) is 223 cm³/mol. The fourth-order valence-electron chi connectivity index (χ4n) is 14.8. The van der Waals surface area contributed by atoms with Gasteiger partial charge in [0.25, 0.3) is 0 Å². The molecule has 0 bridgehead atoms. The van der Waals surface area contributed by atoms with Gasteiger partial charge in [-0.25, -0.2) is 0 Å². The minimum Gasteiger partial charge on any atom is -0.481 e. The van der Waals surface area contributed by atoms with E-state index in [1.54, 1.807) is 6.92 Å². The molecule has 16 heteroatoms. The van der Waals surface area contributed by atoms with E-state index in [-0.39, 0.29) is 45.0 Å². The van der Waals surface area contributed by atoms with Gasteiger partial charge in [-0.1, -0.05) is 60.1 Å². The Morgan fingerprint density at radius 3 is 2.08 bits per heavy atom. The van der Waals surface area contributed by atoms with Crippen LogP contribution in [0.15, 0.2) is 11.6 Å². The molecule has 0 aromatic rings. The summed E-state index contributed by atoms with van der Waals surface area (Å²) in [4.78, 5) is 13.1. The molecule has 16 nitrogen and oxygen atoms in total. The zero-order valence-electron chi connectivity index (χ0n) is 38.3. The fourth-order valence-corrected chi connectivity index (χ4v) is 14.8. The zero-order chi connectivity index (χ0) is 46.0. The van der Waals surface area contributed by atoms with Crippen LogP contribution >= 0.6 is 0 Å². The molecule has 5 aliphatic carbocycles. The third-order valence-corrected chi connectivity index (χ3v) is 18.9. The molecule has 3 saturated heterocycles. The standard InChI is InChI=1S/C47H76O16/c1-22-30(50)36(62-40-37(33(53)32(52)26(20-48)60-40)63-38-34(54)31(51)25(49)21-58-38)35(55)39(59-22)61-29-12-13-44(6)27(43(29,4)5)11-14-46(8)28(44)10-9-23-24-19-42(2,3)15-17-47(24,41(56)57)18-16-45(23,46)7/h9,22,24-40,48-55H,10-21H2,1-8H3,(H,56,57). The van der Waals surface area contributed by atoms with Gasteiger partial charge in [0.2, 0.25) is 0 Å². The van der Waals surface area contributed by atoms with Crippen molar-refractivity contribution >= 4 is 5.97 Å². The highest BCUT2D eigenvalue weighted by Gasteiger charge is 2.70. The van der Waals surface area contributed by atoms with Crippen molar-refractivity contribution in [3.63, 3.8) is 0 Å². The number of aliphatic carboxylic acids is 1. The first kappa shape index (κ1) is 48.1. The predicted octanol–water partition coefficient (Wildman–Crippen LogP) is 2.37. The summed E-state index contributed by atoms with van der Waals surface area (Å²) in [5, 5.41) is 96.8. The van der Waals surface area contributed by atoms with Gasteiger partial charge in [-0.2, -0.15) is 0 Å². The van der Waals surface area contributed by atoms with E-state index in [1.807, 2.05) is 0 Å². The molecule has 0 radical (unpaired) electrons. The molecule has 8 rings (SSSR count). The van der Waals surface area contributed by atoms with Crippen molar-refractivity contribution in [2.24, 2.45) is 50.2 Å². The van der Waals surface area contributed by atoms with E-state index in [2.05, 4.69) is 54.5 Å². The number of aliphatic hydroxyl groups is 8. The Balaban J connectivity index is 1.00. The number of hydrogen-bond acceptors (Lipinski definition) is 15. The molecule has 0 amide bonds. The lowest BCUT2D eigenvalue weighted by Crippen LogP contribution is -2.67. The molecule has 8 aliphatic rings. The van der Waals surface area contributed by atoms with Gasteiger partial charge >= 0.3 is 5.97 Å². The number of allylic oxidation sites excluding steroid dienone is 2. The molecular weight excluding hydrogens is 821 g/mol. The average molecular weight is 897 g/mol. The molecule has 0 aromatic heterocycles. The molecule has 360 valence electrons. The number of carboxylic acids is 1. The Morgan fingerprint density at radius 2 is 1.40 bits per heavy atom. The van der Waals surface area contributed by atoms with Crippen LogP contribution in [0.2, 0.25) is 0 Å². The van der Waals surface area contributed by atoms with E-state index < -0.39 is 111 Å². The van der Waals surface area contributed by atoms with Gasteiger partial charge < -0.3 is 74.4 Å². The van der Waals surface area contributed by atoms with Crippen molar-refractivity contribution in [2.45, 2.75) is 212 Å². The molecule has 0 spiro atoms. The lowest BCUT2D eigenvalue weighted by atomic mass is 9.33. The van der Waals surface area contributed by atoms with Gasteiger partial charge in [0.05, 0.1) is 30.8 Å². The highest BCUT2D eigenvalue weighted by Crippen LogP contribution is 2.76. The SMILES string of the molecule is CC1OC(OC2CCC3(C)C(CCC4(C)C3CC=C3C5CC(C)(C)CCC5(C(=O)O)CCC34C)C2(C)C)C(O)C(OC2OC(CO)C(O)C(O)C2OC2OCC(O)C(O)C2O)C1O. The van der Waals surface area contributed by atoms with Gasteiger partial charge in [-0.05, 0) is 116 Å². The van der Waals surface area contributed by atoms with E-state index in [1.165, 1.54) is 5.57 Å². The average Bonchev–Trinajstić information content (AvgIpc) is 3.21. The van der Waals surface area contributed by atoms with E-state index in [0.717, 1.165) is 51.4 Å². The van der Waals surface area contributed by atoms with Crippen molar-refractivity contribution in [1.29, 1.82) is 0 Å². The van der Waals surface area contributed by atoms with E-state index >= 15 is 0 Å². The Hall–Kier alpha value is -1.35. The van der Waals surface area contributed by atoms with Crippen molar-refractivity contribution in [2.75, 3.05) is 13.2 Å². The molecule has 22 atom stereocenters. The molecule has 4 saturated carbocycles. The minimum atomic E-state index is -1.78. The smallest absolute Gasteiger partial charge is 0.310 e. The Kier molecular flexibility index (Phi) is 12.8. The molecule has 3 aliphatic heterocycles. The summed E-state index contributed by atoms with van der Waals surface area (Å²) in [6.45, 7) is 16.9. The maximum Gasteiger partial charge on any atom is 0.310 e. The van der Waals surface area contributed by atoms with Gasteiger partial charge in [0.15, 0.2) is 18.9 Å². The summed E-state index contributed by atoms with van der Waals surface area (Å²) < 4.78 is 36.2. The molecule has 9 N–H and O–H groups in total. The van der Waals surface area contributed by atoms with Gasteiger partial charge in [-0.3, -0.25) is 4.79 Å². The fraction of sp³-hybridized carbons (Fsp3) is 0.936. The van der Waals surface area contributed by atoms with Gasteiger partial charge in [0, 0.05) is 0 Å². The Labute approximate surface area is 371 Å². The van der Waals surface area contributed by atoms with Crippen LogP contribution in [0.5, 0.6) is 0 Å². The first-order valence-corrected chi connectivity index (χ1v) is 23.6. The van der Waals surface area contributed by atoms with Crippen LogP contribution < -0.4 is 0 Å². The number of fused-ring (bicyclic) bond motifs is 7. The van der Waals surface area contributed by atoms with Crippen molar-refractivity contribution < 1.29 is 79.2 Å². The summed E-state index contributed by atoms with van der Waals surface area (Å²) in [7, 11) is 0. The lowest BCUT2D eigenvalue weighted by molar-refractivity contribution is -0.386. The molecule has 3 heterocycles. The highest BCUT2D eigenvalue weighted by molar-refractivity contribution is 5.76. The maximum atomic E-state index is 13.1. The summed E-state index contributed by atoms with van der Waals surface area (Å²) in [5.41, 5.74) is 0.211. The van der Waals surface area contributed by atoms with E-state index in [0.29, 0.717) is 18.8 Å². The van der Waals surface area contributed by atoms with Crippen LogP contribution in [0.4, 0.5) is 0 Å². The Morgan fingerprint density at radius 1 is 0.714 bits per heavy atom. The third kappa shape index (κ3) is 7.51. The quantitative estimate of drug-likeness (QED) is 0.125. The maximum absolute atomic E-state index is 13.1. The van der Waals surface area contributed by atoms with E-state index in [9.17, 15) is 50.8 Å². The van der Waals surface area contributed by atoms with Crippen LogP contribution in [0.1, 0.15) is 120 Å². The first-order valence-electron chi connectivity index (χ1n) is 23.6. The first-order chi connectivity index (χ1) is 29.4. The van der Waals surface area contributed by atoms with Crippen molar-refractivity contribution in [1.82, 2.24) is 0 Å². The number of rotatable bonds is 8. The second-order valence-electron chi connectivity index (χ2n) is 23.0. The molecular formula is C47H76O16. The Bertz CT molecular complexity index is 1720. The topological polar surface area (TPSA) is 255 Å². The highest BCUT2D eigenvalue weighted by atomic mass is 16.8. The largest absolute Gasteiger partial charge is 0.481 e. The number of hydrogen-bond donors (Lipinski definition) is 9. The monoisotopic (exact) mass is 897 g/mol. The number of carboxylic acid groups (broad SMARTS) is 1. The summed E-state index contributed by atoms with van der Waals surface area (Å²) in [6.07, 6.45) is -10.4. The molecule has 63 heavy (non-hydrogen) atoms. The van der Waals surface area contributed by atoms with Gasteiger partial charge in [-0.15, -0.1) is 0 Å². The second kappa shape index (κ2) is 16.7. The molecule has 7 fully saturated rings. The number of ether oxygens (including phenoxy) is 6.